The Bertz CT molecular complexity index is 916. The van der Waals surface area contributed by atoms with Crippen LogP contribution in [0.1, 0.15) is 17.0 Å². The third-order valence-corrected chi connectivity index (χ3v) is 4.75. The number of amides is 2. The molecule has 0 unspecified atom stereocenters. The number of nitrogens with zero attached hydrogens (tertiary/aromatic N) is 1. The Hall–Kier alpha value is -3.01. The summed E-state index contributed by atoms with van der Waals surface area (Å²) in [7, 11) is 0. The first kappa shape index (κ1) is 21.7. The molecule has 5 nitrogen and oxygen atoms in total. The van der Waals surface area contributed by atoms with Gasteiger partial charge in [-0.05, 0) is 29.7 Å². The molecule has 1 heterocycles. The predicted octanol–water partition coefficient (Wildman–Crippen LogP) is 3.53. The van der Waals surface area contributed by atoms with Crippen LogP contribution in [0.25, 0.3) is 0 Å². The van der Waals surface area contributed by atoms with E-state index in [0.29, 0.717) is 23.1 Å². The van der Waals surface area contributed by atoms with Gasteiger partial charge in [-0.1, -0.05) is 30.3 Å². The van der Waals surface area contributed by atoms with E-state index in [1.165, 1.54) is 0 Å². The molecule has 160 valence electrons. The van der Waals surface area contributed by atoms with Crippen LogP contribution >= 0.6 is 0 Å². The summed E-state index contributed by atoms with van der Waals surface area (Å²) in [6.07, 6.45) is -6.08. The molecule has 1 aliphatic heterocycles. The lowest BCUT2D eigenvalue weighted by atomic mass is 9.89. The Kier molecular flexibility index (Phi) is 6.06. The van der Waals surface area contributed by atoms with E-state index in [0.717, 1.165) is 5.56 Å². The number of ether oxygens (including phenoxy) is 1. The SMILES string of the molecule is N[C@H](C(=O)N1C(=O)OC[C@@H]1Cc1ccccc1)[C@@H](c1cc(F)cc(F)c1)C(F)(F)F. The van der Waals surface area contributed by atoms with Crippen molar-refractivity contribution in [2.24, 2.45) is 5.73 Å². The zero-order chi connectivity index (χ0) is 22.1. The molecule has 10 heteroatoms. The van der Waals surface area contributed by atoms with Crippen LogP contribution in [0, 0.1) is 11.6 Å². The number of hydrogen-bond acceptors (Lipinski definition) is 4. The van der Waals surface area contributed by atoms with Crippen molar-refractivity contribution >= 4 is 12.0 Å². The number of carbonyl (C=O) groups is 2. The summed E-state index contributed by atoms with van der Waals surface area (Å²) in [5.74, 6) is -6.56. The quantitative estimate of drug-likeness (QED) is 0.740. The van der Waals surface area contributed by atoms with Crippen LogP contribution in [0.2, 0.25) is 0 Å². The maximum absolute atomic E-state index is 13.7. The van der Waals surface area contributed by atoms with E-state index >= 15 is 0 Å². The second-order valence-corrected chi connectivity index (χ2v) is 6.88. The van der Waals surface area contributed by atoms with Gasteiger partial charge in [-0.3, -0.25) is 4.79 Å². The molecule has 2 aromatic carbocycles. The fourth-order valence-electron chi connectivity index (χ4n) is 3.42. The van der Waals surface area contributed by atoms with E-state index in [2.05, 4.69) is 0 Å². The van der Waals surface area contributed by atoms with Crippen molar-refractivity contribution in [3.05, 3.63) is 71.3 Å². The van der Waals surface area contributed by atoms with Crippen molar-refractivity contribution in [3.63, 3.8) is 0 Å². The lowest BCUT2D eigenvalue weighted by Crippen LogP contribution is -2.53. The van der Waals surface area contributed by atoms with Gasteiger partial charge in [0, 0.05) is 6.07 Å². The van der Waals surface area contributed by atoms with Gasteiger partial charge >= 0.3 is 12.3 Å². The Morgan fingerprint density at radius 1 is 1.13 bits per heavy atom. The Morgan fingerprint density at radius 2 is 1.73 bits per heavy atom. The number of benzene rings is 2. The second-order valence-electron chi connectivity index (χ2n) is 6.88. The average molecular weight is 428 g/mol. The predicted molar refractivity (Wildman–Crippen MR) is 95.3 cm³/mol. The lowest BCUT2D eigenvalue weighted by molar-refractivity contribution is -0.163. The Morgan fingerprint density at radius 3 is 2.30 bits per heavy atom. The zero-order valence-electron chi connectivity index (χ0n) is 15.4. The van der Waals surface area contributed by atoms with E-state index in [9.17, 15) is 31.5 Å². The summed E-state index contributed by atoms with van der Waals surface area (Å²) in [6, 6.07) is 6.79. The fraction of sp³-hybridized carbons (Fsp3) is 0.300. The monoisotopic (exact) mass is 428 g/mol. The van der Waals surface area contributed by atoms with Crippen LogP contribution < -0.4 is 5.73 Å². The molecule has 1 saturated heterocycles. The number of hydrogen-bond donors (Lipinski definition) is 1. The molecule has 2 aromatic rings. The number of nitrogens with two attached hydrogens (primary N) is 1. The number of cyclic esters (lactones) is 1. The van der Waals surface area contributed by atoms with E-state index in [1.54, 1.807) is 30.3 Å². The first-order valence-corrected chi connectivity index (χ1v) is 8.90. The highest BCUT2D eigenvalue weighted by atomic mass is 19.4. The number of rotatable bonds is 5. The molecule has 3 rings (SSSR count). The third-order valence-electron chi connectivity index (χ3n) is 4.75. The van der Waals surface area contributed by atoms with Gasteiger partial charge < -0.3 is 10.5 Å². The summed E-state index contributed by atoms with van der Waals surface area (Å²) in [5, 5.41) is 0. The maximum atomic E-state index is 13.7. The summed E-state index contributed by atoms with van der Waals surface area (Å²) < 4.78 is 72.9. The van der Waals surface area contributed by atoms with Crippen LogP contribution in [-0.4, -0.2) is 41.8 Å². The molecule has 0 spiro atoms. The minimum atomic E-state index is -5.10. The third kappa shape index (κ3) is 4.59. The summed E-state index contributed by atoms with van der Waals surface area (Å²) >= 11 is 0. The maximum Gasteiger partial charge on any atom is 0.417 e. The molecule has 0 aromatic heterocycles. The highest BCUT2D eigenvalue weighted by molar-refractivity contribution is 5.97. The molecule has 1 fully saturated rings. The van der Waals surface area contributed by atoms with E-state index in [1.807, 2.05) is 0 Å². The standard InChI is InChI=1S/C20H17F5N2O3/c21-13-7-12(8-14(22)9-13)16(20(23,24)25)17(26)18(28)27-15(10-30-19(27)29)6-11-4-2-1-3-5-11/h1-5,7-9,15-17H,6,10,26H2/t15-,16+,17-/m0/s1. The van der Waals surface area contributed by atoms with Gasteiger partial charge in [0.25, 0.3) is 0 Å². The van der Waals surface area contributed by atoms with Crippen molar-refractivity contribution in [2.45, 2.75) is 30.6 Å². The minimum absolute atomic E-state index is 0.149. The zero-order valence-corrected chi connectivity index (χ0v) is 15.4. The highest BCUT2D eigenvalue weighted by Crippen LogP contribution is 2.38. The van der Waals surface area contributed by atoms with Gasteiger partial charge in [-0.15, -0.1) is 0 Å². The van der Waals surface area contributed by atoms with E-state index in [4.69, 9.17) is 10.5 Å². The van der Waals surface area contributed by atoms with Crippen molar-refractivity contribution in [3.8, 4) is 0 Å². The molecule has 3 atom stereocenters. The van der Waals surface area contributed by atoms with Crippen molar-refractivity contribution in [2.75, 3.05) is 6.61 Å². The van der Waals surface area contributed by atoms with Gasteiger partial charge in [-0.2, -0.15) is 13.2 Å². The Labute approximate surface area is 168 Å². The van der Waals surface area contributed by atoms with Gasteiger partial charge in [0.05, 0.1) is 6.04 Å². The molecule has 1 aliphatic rings. The topological polar surface area (TPSA) is 72.6 Å². The van der Waals surface area contributed by atoms with Gasteiger partial charge in [0.1, 0.15) is 30.2 Å². The van der Waals surface area contributed by atoms with Crippen LogP contribution in [0.4, 0.5) is 26.7 Å². The summed E-state index contributed by atoms with van der Waals surface area (Å²) in [5.41, 5.74) is 5.49. The molecular weight excluding hydrogens is 411 g/mol. The Balaban J connectivity index is 1.90. The highest BCUT2D eigenvalue weighted by Gasteiger charge is 2.51. The molecule has 0 aliphatic carbocycles. The summed E-state index contributed by atoms with van der Waals surface area (Å²) in [4.78, 5) is 25.4. The molecule has 0 radical (unpaired) electrons. The average Bonchev–Trinajstić information content (AvgIpc) is 3.00. The second kappa shape index (κ2) is 8.39. The molecule has 0 saturated carbocycles. The van der Waals surface area contributed by atoms with Crippen molar-refractivity contribution < 1.29 is 36.3 Å². The van der Waals surface area contributed by atoms with E-state index in [-0.39, 0.29) is 13.0 Å². The van der Waals surface area contributed by atoms with Gasteiger partial charge in [0.2, 0.25) is 5.91 Å². The number of halogens is 5. The smallest absolute Gasteiger partial charge is 0.417 e. The van der Waals surface area contributed by atoms with E-state index < -0.39 is 53.4 Å². The van der Waals surface area contributed by atoms with Crippen LogP contribution in [0.5, 0.6) is 0 Å². The molecule has 2 N–H and O–H groups in total. The number of carbonyl (C=O) groups excluding carboxylic acids is 2. The van der Waals surface area contributed by atoms with Crippen molar-refractivity contribution in [1.82, 2.24) is 4.90 Å². The number of alkyl halides is 3. The summed E-state index contributed by atoms with van der Waals surface area (Å²) in [6.45, 7) is -0.211. The normalized spacial score (nSPS) is 18.8. The fourth-order valence-corrected chi connectivity index (χ4v) is 3.42. The molecule has 0 bridgehead atoms. The largest absolute Gasteiger partial charge is 0.447 e. The van der Waals surface area contributed by atoms with Gasteiger partial charge in [-0.25, -0.2) is 18.5 Å². The molecule has 30 heavy (non-hydrogen) atoms. The van der Waals surface area contributed by atoms with Crippen LogP contribution in [-0.2, 0) is 16.0 Å². The number of imide groups is 1. The molecule has 2 amide bonds. The molecular formula is C20H17F5N2O3. The van der Waals surface area contributed by atoms with Crippen molar-refractivity contribution in [1.29, 1.82) is 0 Å². The lowest BCUT2D eigenvalue weighted by Gasteiger charge is -2.29. The van der Waals surface area contributed by atoms with Crippen LogP contribution in [0.3, 0.4) is 0 Å². The minimum Gasteiger partial charge on any atom is -0.447 e. The van der Waals surface area contributed by atoms with Crippen LogP contribution in [0.15, 0.2) is 48.5 Å². The first-order chi connectivity index (χ1) is 14.1. The first-order valence-electron chi connectivity index (χ1n) is 8.90. The van der Waals surface area contributed by atoms with Gasteiger partial charge in [0.15, 0.2) is 0 Å².